The summed E-state index contributed by atoms with van der Waals surface area (Å²) < 4.78 is 23.9. The number of carboxylic acids is 2. The minimum atomic E-state index is -4.57. The molecule has 1 unspecified atom stereocenters. The van der Waals surface area contributed by atoms with Crippen molar-refractivity contribution in [1.82, 2.24) is 19.6 Å². The Bertz CT molecular complexity index is 1630. The normalized spacial score (nSPS) is 18.2. The fourth-order valence-electron chi connectivity index (χ4n) is 7.27. The number of hydrogen-bond acceptors (Lipinski definition) is 11. The Balaban J connectivity index is 1.71. The van der Waals surface area contributed by atoms with Gasteiger partial charge in [-0.2, -0.15) is 0 Å². The van der Waals surface area contributed by atoms with Crippen LogP contribution in [-0.2, 0) is 28.3 Å². The van der Waals surface area contributed by atoms with E-state index in [2.05, 4.69) is 32.9 Å². The van der Waals surface area contributed by atoms with Gasteiger partial charge in [0.15, 0.2) is 0 Å². The fourth-order valence-corrected chi connectivity index (χ4v) is 8.13. The van der Waals surface area contributed by atoms with Crippen LogP contribution in [0.3, 0.4) is 0 Å². The zero-order valence-corrected chi connectivity index (χ0v) is 33.7. The van der Waals surface area contributed by atoms with Crippen LogP contribution < -0.4 is 4.52 Å². The van der Waals surface area contributed by atoms with Gasteiger partial charge in [-0.05, 0) is 98.9 Å². The smallest absolute Gasteiger partial charge is 0.480 e. The molecule has 0 saturated carbocycles. The van der Waals surface area contributed by atoms with Crippen molar-refractivity contribution in [3.05, 3.63) is 52.1 Å². The van der Waals surface area contributed by atoms with Crippen LogP contribution >= 0.6 is 7.82 Å². The summed E-state index contributed by atoms with van der Waals surface area (Å²) in [6.45, 7) is 16.2. The number of phosphoric ester groups is 1. The molecule has 54 heavy (non-hydrogen) atoms. The third kappa shape index (κ3) is 13.4. The van der Waals surface area contributed by atoms with Gasteiger partial charge >= 0.3 is 19.8 Å². The summed E-state index contributed by atoms with van der Waals surface area (Å²) >= 11 is 0. The number of phosphoric acid groups is 1. The Hall–Kier alpha value is -3.49. The fraction of sp³-hybridized carbons (Fsp3) is 0.590. The van der Waals surface area contributed by atoms with E-state index in [1.165, 1.54) is 5.56 Å². The van der Waals surface area contributed by atoms with Crippen molar-refractivity contribution in [2.45, 2.75) is 73.4 Å². The van der Waals surface area contributed by atoms with Gasteiger partial charge in [-0.25, -0.2) is 4.57 Å². The number of nitrogens with zero attached hydrogens (tertiary/aromatic N) is 4. The highest BCUT2D eigenvalue weighted by atomic mass is 31.2. The van der Waals surface area contributed by atoms with Crippen LogP contribution in [0.1, 0.15) is 54.5 Å². The lowest BCUT2D eigenvalue weighted by Crippen LogP contribution is -2.53. The van der Waals surface area contributed by atoms with Crippen LogP contribution in [0.2, 0.25) is 0 Å². The number of aryl methyl sites for hydroxylation is 5. The third-order valence-corrected chi connectivity index (χ3v) is 11.0. The van der Waals surface area contributed by atoms with Gasteiger partial charge in [0.25, 0.3) is 0 Å². The molecule has 3 rings (SSSR count). The van der Waals surface area contributed by atoms with E-state index in [1.54, 1.807) is 22.8 Å². The van der Waals surface area contributed by atoms with Gasteiger partial charge in [-0.3, -0.25) is 38.6 Å². The van der Waals surface area contributed by atoms with Crippen LogP contribution in [0.4, 0.5) is 0 Å². The maximum absolute atomic E-state index is 13.1. The van der Waals surface area contributed by atoms with Crippen LogP contribution in [-0.4, -0.2) is 143 Å². The first kappa shape index (κ1) is 44.9. The third-order valence-electron chi connectivity index (χ3n) is 10.0. The molecule has 0 radical (unpaired) electrons. The topological polar surface area (TPSA) is 177 Å². The molecule has 0 bridgehead atoms. The highest BCUT2D eigenvalue weighted by molar-refractivity contribution is 7.47. The molecule has 3 atom stereocenters. The molecule has 1 aliphatic heterocycles. The molecule has 0 aromatic heterocycles. The average Bonchev–Trinajstić information content (AvgIpc) is 3.06. The molecular weight excluding hydrogens is 715 g/mol. The summed E-state index contributed by atoms with van der Waals surface area (Å²) in [7, 11) is -4.57. The molecule has 300 valence electrons. The zero-order chi connectivity index (χ0) is 40.2. The molecule has 2 aromatic carbocycles. The lowest BCUT2D eigenvalue weighted by molar-refractivity contribution is -0.144. The lowest BCUT2D eigenvalue weighted by Gasteiger charge is -2.37. The van der Waals surface area contributed by atoms with Gasteiger partial charge in [-0.1, -0.05) is 31.5 Å². The highest BCUT2D eigenvalue weighted by Gasteiger charge is 2.30. The Kier molecular flexibility index (Phi) is 17.5. The number of carbonyl (C=O) groups is 4. The number of aliphatic carboxylic acids is 2. The maximum atomic E-state index is 13.1. The molecule has 1 heterocycles. The van der Waals surface area contributed by atoms with E-state index in [1.807, 2.05) is 36.6 Å². The second-order valence-corrected chi connectivity index (χ2v) is 16.1. The standard InChI is InChI=1S/C39H59N4O10P/c1-27(2)35(26-45)43-15-11-40(18-19-44)10-14-42(16-12-41(13-17-43)25-37(46)47)34(39(48)49)9-8-20-52-54(50,51)53-36-24-29(4)33(23-30(36)5)38-31(6)21-28(3)22-32(38)7/h19,21-24,26-27,34-35H,8-18,20,25H2,1-7H3,(H,46,47)(H,48,49)(H,50,51)/t34-,35+/m1/s1. The molecule has 14 nitrogen and oxygen atoms in total. The predicted octanol–water partition coefficient (Wildman–Crippen LogP) is 4.35. The summed E-state index contributed by atoms with van der Waals surface area (Å²) in [5, 5.41) is 19.9. The lowest BCUT2D eigenvalue weighted by atomic mass is 9.90. The van der Waals surface area contributed by atoms with Gasteiger partial charge in [0, 0.05) is 52.4 Å². The molecule has 0 amide bonds. The quantitative estimate of drug-likeness (QED) is 0.117. The van der Waals surface area contributed by atoms with E-state index in [0.29, 0.717) is 38.3 Å². The monoisotopic (exact) mass is 774 g/mol. The number of aldehydes is 2. The predicted molar refractivity (Wildman–Crippen MR) is 207 cm³/mol. The van der Waals surface area contributed by atoms with Crippen molar-refractivity contribution >= 4 is 32.3 Å². The number of benzene rings is 2. The minimum Gasteiger partial charge on any atom is -0.480 e. The van der Waals surface area contributed by atoms with E-state index in [4.69, 9.17) is 9.05 Å². The van der Waals surface area contributed by atoms with E-state index in [0.717, 1.165) is 40.4 Å². The minimum absolute atomic E-state index is 0.0305. The number of carbonyl (C=O) groups excluding carboxylic acids is 2. The number of rotatable bonds is 17. The molecule has 0 aliphatic carbocycles. The Morgan fingerprint density at radius 3 is 1.91 bits per heavy atom. The summed E-state index contributed by atoms with van der Waals surface area (Å²) in [6.07, 6.45) is 1.89. The first-order valence-corrected chi connectivity index (χ1v) is 20.1. The summed E-state index contributed by atoms with van der Waals surface area (Å²) in [4.78, 5) is 66.0. The maximum Gasteiger partial charge on any atom is 0.527 e. The van der Waals surface area contributed by atoms with Crippen molar-refractivity contribution in [2.24, 2.45) is 5.92 Å². The van der Waals surface area contributed by atoms with Crippen LogP contribution in [0.15, 0.2) is 24.3 Å². The van der Waals surface area contributed by atoms with Gasteiger partial charge in [-0.15, -0.1) is 0 Å². The first-order valence-electron chi connectivity index (χ1n) is 18.6. The Labute approximate surface area is 319 Å². The molecule has 0 spiro atoms. The van der Waals surface area contributed by atoms with Gasteiger partial charge in [0.2, 0.25) is 0 Å². The van der Waals surface area contributed by atoms with Gasteiger partial charge in [0.1, 0.15) is 24.4 Å². The second kappa shape index (κ2) is 21.0. The average molecular weight is 775 g/mol. The van der Waals surface area contributed by atoms with E-state index in [-0.39, 0.29) is 69.9 Å². The molecular formula is C39H59N4O10P. The highest BCUT2D eigenvalue weighted by Crippen LogP contribution is 2.46. The molecule has 1 saturated heterocycles. The van der Waals surface area contributed by atoms with Crippen molar-refractivity contribution in [2.75, 3.05) is 72.1 Å². The van der Waals surface area contributed by atoms with Crippen molar-refractivity contribution in [1.29, 1.82) is 0 Å². The molecule has 1 fully saturated rings. The number of carboxylic acid groups (broad SMARTS) is 2. The molecule has 2 aromatic rings. The van der Waals surface area contributed by atoms with E-state index >= 15 is 0 Å². The largest absolute Gasteiger partial charge is 0.527 e. The van der Waals surface area contributed by atoms with Crippen molar-refractivity contribution in [3.63, 3.8) is 0 Å². The SMILES string of the molecule is Cc1cc(C)c(-c2cc(C)c(OP(=O)(O)OCCC[C@H](C(=O)O)N3CCN(CC=O)CCN([C@@H](C=O)C(C)C)CCN(CC(=O)O)CC3)cc2C)c(C)c1. The van der Waals surface area contributed by atoms with Crippen LogP contribution in [0, 0.1) is 40.5 Å². The van der Waals surface area contributed by atoms with Gasteiger partial charge < -0.3 is 24.3 Å². The zero-order valence-electron chi connectivity index (χ0n) is 32.8. The number of hydrogen-bond donors (Lipinski definition) is 3. The summed E-state index contributed by atoms with van der Waals surface area (Å²) in [5.41, 5.74) is 7.06. The Morgan fingerprint density at radius 2 is 1.39 bits per heavy atom. The molecule has 1 aliphatic rings. The van der Waals surface area contributed by atoms with Crippen LogP contribution in [0.25, 0.3) is 11.1 Å². The van der Waals surface area contributed by atoms with E-state index in [9.17, 15) is 38.8 Å². The molecule has 3 N–H and O–H groups in total. The first-order chi connectivity index (χ1) is 25.5. The van der Waals surface area contributed by atoms with Crippen LogP contribution in [0.5, 0.6) is 5.75 Å². The van der Waals surface area contributed by atoms with Crippen molar-refractivity contribution < 1.29 is 47.9 Å². The van der Waals surface area contributed by atoms with E-state index < -0.39 is 25.8 Å². The Morgan fingerprint density at radius 1 is 0.815 bits per heavy atom. The summed E-state index contributed by atoms with van der Waals surface area (Å²) in [5.74, 6) is -1.87. The van der Waals surface area contributed by atoms with Crippen molar-refractivity contribution in [3.8, 4) is 16.9 Å². The van der Waals surface area contributed by atoms with Gasteiger partial charge in [0.05, 0.1) is 25.7 Å². The molecule has 15 heteroatoms. The summed E-state index contributed by atoms with van der Waals surface area (Å²) in [6, 6.07) is 6.50. The second-order valence-electron chi connectivity index (χ2n) is 14.7.